The maximum atomic E-state index is 9.22. The number of aliphatic hydroxyl groups excluding tert-OH is 1. The van der Waals surface area contributed by atoms with Crippen molar-refractivity contribution in [1.29, 1.82) is 0 Å². The smallest absolute Gasteiger partial charge is 0.120 e. The van der Waals surface area contributed by atoms with Gasteiger partial charge in [-0.15, -0.1) is 12.4 Å². The number of hydrogen-bond acceptors (Lipinski definition) is 3. The molecule has 1 rings (SSSR count). The van der Waals surface area contributed by atoms with Crippen LogP contribution in [0.15, 0.2) is 24.3 Å². The lowest BCUT2D eigenvalue weighted by Gasteiger charge is -2.09. The van der Waals surface area contributed by atoms with Crippen LogP contribution in [0, 0.1) is 0 Å². The number of phenolic OH excluding ortho intramolecular Hbond substituents is 1. The first kappa shape index (κ1) is 11.2. The zero-order chi connectivity index (χ0) is 8.27. The normalized spacial score (nSPS) is 11.8. The molecule has 12 heavy (non-hydrogen) atoms. The summed E-state index contributed by atoms with van der Waals surface area (Å²) in [7, 11) is 0. The minimum absolute atomic E-state index is 0. The van der Waals surface area contributed by atoms with Gasteiger partial charge < -0.3 is 15.9 Å². The zero-order valence-corrected chi connectivity index (χ0v) is 7.29. The van der Waals surface area contributed by atoms with E-state index in [1.807, 2.05) is 0 Å². The average Bonchev–Trinajstić information content (AvgIpc) is 2.04. The predicted molar refractivity (Wildman–Crippen MR) is 49.4 cm³/mol. The highest BCUT2D eigenvalue weighted by molar-refractivity contribution is 5.85. The number of phenols is 1. The fraction of sp³-hybridized carbons (Fsp3) is 0.250. The minimum Gasteiger partial charge on any atom is -0.508 e. The van der Waals surface area contributed by atoms with Gasteiger partial charge in [0.05, 0.1) is 12.6 Å². The van der Waals surface area contributed by atoms with Crippen LogP contribution in [-0.4, -0.2) is 16.8 Å². The van der Waals surface area contributed by atoms with Crippen LogP contribution in [0.3, 0.4) is 0 Å². The fourth-order valence-electron chi connectivity index (χ4n) is 0.899. The van der Waals surface area contributed by atoms with Crippen LogP contribution in [0.1, 0.15) is 11.6 Å². The molecule has 0 aliphatic carbocycles. The third-order valence-electron chi connectivity index (χ3n) is 1.53. The van der Waals surface area contributed by atoms with Crippen molar-refractivity contribution in [2.45, 2.75) is 6.04 Å². The summed E-state index contributed by atoms with van der Waals surface area (Å²) in [5.41, 5.74) is 6.06. The van der Waals surface area contributed by atoms with E-state index in [1.54, 1.807) is 24.3 Å². The Kier molecular flexibility index (Phi) is 4.66. The first-order valence-corrected chi connectivity index (χ1v) is 3.40. The Morgan fingerprint density at radius 3 is 2.42 bits per heavy atom. The van der Waals surface area contributed by atoms with Gasteiger partial charge in [0.1, 0.15) is 5.75 Å². The molecule has 0 amide bonds. The highest BCUT2D eigenvalue weighted by Crippen LogP contribution is 2.20. The lowest BCUT2D eigenvalue weighted by molar-refractivity contribution is 0.265. The zero-order valence-electron chi connectivity index (χ0n) is 6.47. The van der Waals surface area contributed by atoms with Crippen LogP contribution in [-0.2, 0) is 0 Å². The van der Waals surface area contributed by atoms with Crippen molar-refractivity contribution in [3.8, 4) is 5.75 Å². The SMILES string of the molecule is Cl.N[C@H](CO)c1ccccc1O. The molecule has 0 saturated heterocycles. The summed E-state index contributed by atoms with van der Waals surface area (Å²) in [4.78, 5) is 0. The lowest BCUT2D eigenvalue weighted by Crippen LogP contribution is -2.14. The number of aromatic hydroxyl groups is 1. The summed E-state index contributed by atoms with van der Waals surface area (Å²) in [6.07, 6.45) is 0. The van der Waals surface area contributed by atoms with Gasteiger partial charge in [0.15, 0.2) is 0 Å². The van der Waals surface area contributed by atoms with E-state index >= 15 is 0 Å². The highest BCUT2D eigenvalue weighted by atomic mass is 35.5. The van der Waals surface area contributed by atoms with Gasteiger partial charge in [-0.1, -0.05) is 18.2 Å². The van der Waals surface area contributed by atoms with Gasteiger partial charge in [0, 0.05) is 5.56 Å². The minimum atomic E-state index is -0.490. The summed E-state index contributed by atoms with van der Waals surface area (Å²) in [5.74, 6) is 0.133. The van der Waals surface area contributed by atoms with Gasteiger partial charge in [0.2, 0.25) is 0 Å². The van der Waals surface area contributed by atoms with Gasteiger partial charge in [-0.2, -0.15) is 0 Å². The summed E-state index contributed by atoms with van der Waals surface area (Å²) in [5, 5.41) is 17.9. The fourth-order valence-corrected chi connectivity index (χ4v) is 0.899. The lowest BCUT2D eigenvalue weighted by atomic mass is 10.1. The number of halogens is 1. The Hall–Kier alpha value is -0.770. The van der Waals surface area contributed by atoms with Gasteiger partial charge in [0.25, 0.3) is 0 Å². The Bertz CT molecular complexity index is 242. The van der Waals surface area contributed by atoms with Gasteiger partial charge >= 0.3 is 0 Å². The van der Waals surface area contributed by atoms with Crippen LogP contribution < -0.4 is 5.73 Å². The molecule has 0 fully saturated rings. The summed E-state index contributed by atoms with van der Waals surface area (Å²) < 4.78 is 0. The topological polar surface area (TPSA) is 66.5 Å². The van der Waals surface area contributed by atoms with E-state index in [4.69, 9.17) is 10.8 Å². The summed E-state index contributed by atoms with van der Waals surface area (Å²) in [6, 6.07) is 6.23. The standard InChI is InChI=1S/C8H11NO2.ClH/c9-7(5-10)6-3-1-2-4-8(6)11;/h1-4,7,10-11H,5,9H2;1H/t7-;/m1./s1. The molecule has 0 saturated carbocycles. The maximum Gasteiger partial charge on any atom is 0.120 e. The Morgan fingerprint density at radius 2 is 1.92 bits per heavy atom. The number of para-hydroxylation sites is 1. The van der Waals surface area contributed by atoms with E-state index in [0.29, 0.717) is 5.56 Å². The van der Waals surface area contributed by atoms with Gasteiger partial charge in [-0.3, -0.25) is 0 Å². The largest absolute Gasteiger partial charge is 0.508 e. The molecule has 1 aromatic rings. The first-order chi connectivity index (χ1) is 5.25. The van der Waals surface area contributed by atoms with Crippen molar-refractivity contribution in [2.24, 2.45) is 5.73 Å². The molecule has 3 nitrogen and oxygen atoms in total. The maximum absolute atomic E-state index is 9.22. The van der Waals surface area contributed by atoms with Crippen molar-refractivity contribution in [3.63, 3.8) is 0 Å². The van der Waals surface area contributed by atoms with E-state index in [-0.39, 0.29) is 24.8 Å². The molecule has 4 N–H and O–H groups in total. The van der Waals surface area contributed by atoms with Gasteiger partial charge in [-0.05, 0) is 6.07 Å². The van der Waals surface area contributed by atoms with Crippen molar-refractivity contribution >= 4 is 12.4 Å². The molecule has 0 radical (unpaired) electrons. The summed E-state index contributed by atoms with van der Waals surface area (Å²) >= 11 is 0. The highest BCUT2D eigenvalue weighted by Gasteiger charge is 2.07. The molecule has 0 aromatic heterocycles. The van der Waals surface area contributed by atoms with Crippen molar-refractivity contribution < 1.29 is 10.2 Å². The molecular formula is C8H12ClNO2. The van der Waals surface area contributed by atoms with E-state index in [0.717, 1.165) is 0 Å². The second-order valence-electron chi connectivity index (χ2n) is 2.35. The van der Waals surface area contributed by atoms with Crippen LogP contribution in [0.25, 0.3) is 0 Å². The Balaban J connectivity index is 0.00000121. The number of hydrogen-bond donors (Lipinski definition) is 3. The van der Waals surface area contributed by atoms with E-state index in [9.17, 15) is 5.11 Å². The molecular weight excluding hydrogens is 178 g/mol. The van der Waals surface area contributed by atoms with Crippen LogP contribution in [0.4, 0.5) is 0 Å². The molecule has 1 aromatic carbocycles. The predicted octanol–water partition coefficient (Wildman–Crippen LogP) is 0.806. The second-order valence-corrected chi connectivity index (χ2v) is 2.35. The van der Waals surface area contributed by atoms with Crippen LogP contribution in [0.5, 0.6) is 5.75 Å². The first-order valence-electron chi connectivity index (χ1n) is 3.40. The van der Waals surface area contributed by atoms with Gasteiger partial charge in [-0.25, -0.2) is 0 Å². The van der Waals surface area contributed by atoms with Crippen molar-refractivity contribution in [2.75, 3.05) is 6.61 Å². The van der Waals surface area contributed by atoms with Crippen LogP contribution in [0.2, 0.25) is 0 Å². The molecule has 0 spiro atoms. The second kappa shape index (κ2) is 4.98. The number of nitrogens with two attached hydrogens (primary N) is 1. The Labute approximate surface area is 77.2 Å². The molecule has 1 atom stereocenters. The molecule has 0 bridgehead atoms. The average molecular weight is 190 g/mol. The molecule has 68 valence electrons. The van der Waals surface area contributed by atoms with Crippen molar-refractivity contribution in [1.82, 2.24) is 0 Å². The Morgan fingerprint density at radius 1 is 1.33 bits per heavy atom. The number of rotatable bonds is 2. The molecule has 0 aliphatic rings. The monoisotopic (exact) mass is 189 g/mol. The number of aliphatic hydroxyl groups is 1. The van der Waals surface area contributed by atoms with Crippen molar-refractivity contribution in [3.05, 3.63) is 29.8 Å². The molecule has 0 heterocycles. The third-order valence-corrected chi connectivity index (χ3v) is 1.53. The summed E-state index contributed by atoms with van der Waals surface area (Å²) in [6.45, 7) is -0.155. The quantitative estimate of drug-likeness (QED) is 0.645. The molecule has 4 heteroatoms. The van der Waals surface area contributed by atoms with Crippen LogP contribution >= 0.6 is 12.4 Å². The van der Waals surface area contributed by atoms with E-state index in [2.05, 4.69) is 0 Å². The van der Waals surface area contributed by atoms with E-state index in [1.165, 1.54) is 0 Å². The van der Waals surface area contributed by atoms with E-state index < -0.39 is 6.04 Å². The number of benzene rings is 1. The third kappa shape index (κ3) is 2.37. The molecule has 0 unspecified atom stereocenters. The molecule has 0 aliphatic heterocycles.